The molecular weight excluding hydrogens is 200 g/mol. The van der Waals surface area contributed by atoms with Crippen LogP contribution >= 0.6 is 0 Å². The van der Waals surface area contributed by atoms with Crippen molar-refractivity contribution < 1.29 is 14.5 Å². The number of hydrogen-bond donors (Lipinski definition) is 0. The molecular formula is C9H10N2O4. The summed E-state index contributed by atoms with van der Waals surface area (Å²) >= 11 is 0. The fourth-order valence-corrected chi connectivity index (χ4v) is 1.18. The van der Waals surface area contributed by atoms with Crippen molar-refractivity contribution in [2.45, 2.75) is 0 Å². The fourth-order valence-electron chi connectivity index (χ4n) is 1.18. The zero-order chi connectivity index (χ0) is 11.4. The molecule has 1 aromatic rings. The van der Waals surface area contributed by atoms with E-state index in [1.807, 2.05) is 0 Å². The minimum Gasteiger partial charge on any atom is -0.465 e. The Hall–Kier alpha value is -2.11. The monoisotopic (exact) mass is 210 g/mol. The van der Waals surface area contributed by atoms with Crippen LogP contribution in [-0.2, 0) is 16.6 Å². The van der Waals surface area contributed by atoms with Crippen LogP contribution in [-0.4, -0.2) is 22.6 Å². The summed E-state index contributed by atoms with van der Waals surface area (Å²) in [6.45, 7) is 0. The van der Waals surface area contributed by atoms with Crippen LogP contribution in [0.4, 0.5) is 0 Å². The Morgan fingerprint density at radius 2 is 2.33 bits per heavy atom. The van der Waals surface area contributed by atoms with Crippen LogP contribution in [0.15, 0.2) is 24.5 Å². The molecule has 15 heavy (non-hydrogen) atoms. The first-order valence-electron chi connectivity index (χ1n) is 4.11. The lowest BCUT2D eigenvalue weighted by Gasteiger charge is -2.03. The Balaban J connectivity index is 3.19. The van der Waals surface area contributed by atoms with Gasteiger partial charge >= 0.3 is 5.97 Å². The summed E-state index contributed by atoms with van der Waals surface area (Å²) in [5.74, 6) is -0.728. The van der Waals surface area contributed by atoms with Crippen LogP contribution in [0, 0.1) is 10.1 Å². The van der Waals surface area contributed by atoms with Gasteiger partial charge < -0.3 is 9.30 Å². The second kappa shape index (κ2) is 4.41. The lowest BCUT2D eigenvalue weighted by molar-refractivity contribution is -0.401. The summed E-state index contributed by atoms with van der Waals surface area (Å²) in [5.41, 5.74) is 0.369. The largest absolute Gasteiger partial charge is 0.465 e. The van der Waals surface area contributed by atoms with Gasteiger partial charge in [0.05, 0.1) is 17.7 Å². The normalized spacial score (nSPS) is 11.2. The molecule has 0 N–H and O–H groups in total. The Morgan fingerprint density at radius 3 is 2.73 bits per heavy atom. The van der Waals surface area contributed by atoms with Crippen LogP contribution in [0.2, 0.25) is 0 Å². The molecule has 6 nitrogen and oxygen atoms in total. The highest BCUT2D eigenvalue weighted by molar-refractivity contribution is 6.15. The van der Waals surface area contributed by atoms with Gasteiger partial charge in [0.1, 0.15) is 0 Å². The Kier molecular flexibility index (Phi) is 3.22. The quantitative estimate of drug-likeness (QED) is 0.320. The molecule has 0 saturated carbocycles. The Bertz CT molecular complexity index is 420. The lowest BCUT2D eigenvalue weighted by atomic mass is 10.2. The molecule has 1 aromatic heterocycles. The second-order valence-electron chi connectivity index (χ2n) is 2.82. The highest BCUT2D eigenvalue weighted by Gasteiger charge is 2.18. The first-order valence-corrected chi connectivity index (χ1v) is 4.11. The maximum Gasteiger partial charge on any atom is 0.346 e. The molecule has 1 rings (SSSR count). The van der Waals surface area contributed by atoms with Gasteiger partial charge in [-0.15, -0.1) is 0 Å². The van der Waals surface area contributed by atoms with Crippen molar-refractivity contribution in [2.75, 3.05) is 7.11 Å². The number of nitro groups is 1. The van der Waals surface area contributed by atoms with E-state index < -0.39 is 10.9 Å². The number of carbonyl (C=O) groups excluding carboxylic acids is 1. The van der Waals surface area contributed by atoms with Gasteiger partial charge in [-0.3, -0.25) is 10.1 Å². The minimum absolute atomic E-state index is 0.0741. The molecule has 80 valence electrons. The zero-order valence-electron chi connectivity index (χ0n) is 8.34. The van der Waals surface area contributed by atoms with Gasteiger partial charge in [0.2, 0.25) is 0 Å². The number of ether oxygens (including phenoxy) is 1. The van der Waals surface area contributed by atoms with E-state index in [-0.39, 0.29) is 5.57 Å². The van der Waals surface area contributed by atoms with Crippen molar-refractivity contribution in [2.24, 2.45) is 7.05 Å². The minimum atomic E-state index is -0.728. The van der Waals surface area contributed by atoms with Crippen molar-refractivity contribution in [3.63, 3.8) is 0 Å². The summed E-state index contributed by atoms with van der Waals surface area (Å²) in [7, 11) is 2.87. The SMILES string of the molecule is COC(=O)C(=C[N+](=O)[O-])c1cccn1C. The van der Waals surface area contributed by atoms with Crippen molar-refractivity contribution in [3.05, 3.63) is 40.3 Å². The smallest absolute Gasteiger partial charge is 0.346 e. The highest BCUT2D eigenvalue weighted by Crippen LogP contribution is 2.15. The third-order valence-corrected chi connectivity index (χ3v) is 1.86. The van der Waals surface area contributed by atoms with Gasteiger partial charge in [0, 0.05) is 13.2 Å². The van der Waals surface area contributed by atoms with E-state index in [1.165, 1.54) is 7.11 Å². The van der Waals surface area contributed by atoms with Crippen molar-refractivity contribution in [1.29, 1.82) is 0 Å². The first-order chi connectivity index (χ1) is 7.06. The Morgan fingerprint density at radius 1 is 1.67 bits per heavy atom. The molecule has 0 saturated heterocycles. The van der Waals surface area contributed by atoms with Crippen LogP contribution < -0.4 is 0 Å². The molecule has 0 radical (unpaired) electrons. The number of aryl methyl sites for hydroxylation is 1. The number of rotatable bonds is 3. The number of nitrogens with zero attached hydrogens (tertiary/aromatic N) is 2. The van der Waals surface area contributed by atoms with E-state index in [4.69, 9.17) is 0 Å². The van der Waals surface area contributed by atoms with E-state index >= 15 is 0 Å². The summed E-state index contributed by atoms with van der Waals surface area (Å²) in [5, 5.41) is 10.3. The highest BCUT2D eigenvalue weighted by atomic mass is 16.6. The number of carbonyl (C=O) groups is 1. The topological polar surface area (TPSA) is 74.4 Å². The molecule has 1 heterocycles. The van der Waals surface area contributed by atoms with E-state index in [2.05, 4.69) is 4.74 Å². The number of methoxy groups -OCH3 is 1. The predicted octanol–water partition coefficient (Wildman–Crippen LogP) is 0.816. The van der Waals surface area contributed by atoms with Gasteiger partial charge in [-0.1, -0.05) is 0 Å². The van der Waals surface area contributed by atoms with Crippen LogP contribution in [0.5, 0.6) is 0 Å². The molecule has 0 spiro atoms. The molecule has 0 bridgehead atoms. The third kappa shape index (κ3) is 2.43. The number of hydrogen-bond acceptors (Lipinski definition) is 4. The maximum absolute atomic E-state index is 11.3. The molecule has 0 aliphatic carbocycles. The fraction of sp³-hybridized carbons (Fsp3) is 0.222. The summed E-state index contributed by atoms with van der Waals surface area (Å²) in [6, 6.07) is 3.29. The molecule has 0 unspecified atom stereocenters. The maximum atomic E-state index is 11.3. The van der Waals surface area contributed by atoms with Gasteiger partial charge in [-0.25, -0.2) is 4.79 Å². The molecule has 0 atom stereocenters. The van der Waals surface area contributed by atoms with Crippen molar-refractivity contribution in [1.82, 2.24) is 4.57 Å². The van der Waals surface area contributed by atoms with E-state index in [0.717, 1.165) is 0 Å². The van der Waals surface area contributed by atoms with Crippen LogP contribution in [0.25, 0.3) is 5.57 Å². The molecule has 0 fully saturated rings. The molecule has 0 amide bonds. The molecule has 0 aliphatic heterocycles. The van der Waals surface area contributed by atoms with Crippen LogP contribution in [0.1, 0.15) is 5.69 Å². The molecule has 6 heteroatoms. The van der Waals surface area contributed by atoms with Crippen molar-refractivity contribution >= 4 is 11.5 Å². The predicted molar refractivity (Wildman–Crippen MR) is 52.4 cm³/mol. The molecule has 0 aliphatic rings. The van der Waals surface area contributed by atoms with Gasteiger partial charge in [-0.2, -0.15) is 0 Å². The summed E-state index contributed by atoms with van der Waals surface area (Å²) < 4.78 is 6.07. The average Bonchev–Trinajstić information content (AvgIpc) is 2.59. The Labute approximate surface area is 85.9 Å². The number of aromatic nitrogens is 1. The van der Waals surface area contributed by atoms with Gasteiger partial charge in [0.15, 0.2) is 5.57 Å². The summed E-state index contributed by atoms with van der Waals surface area (Å²) in [6.07, 6.45) is 2.33. The number of esters is 1. The standard InChI is InChI=1S/C9H10N2O4/c1-10-5-3-4-8(10)7(6-11(13)14)9(12)15-2/h3-6H,1-2H3. The van der Waals surface area contributed by atoms with Crippen molar-refractivity contribution in [3.8, 4) is 0 Å². The molecule has 0 aromatic carbocycles. The van der Waals surface area contributed by atoms with E-state index in [9.17, 15) is 14.9 Å². The first kappa shape index (κ1) is 11.0. The van der Waals surface area contributed by atoms with Crippen LogP contribution in [0.3, 0.4) is 0 Å². The zero-order valence-corrected chi connectivity index (χ0v) is 8.34. The summed E-state index contributed by atoms with van der Waals surface area (Å²) in [4.78, 5) is 21.0. The lowest BCUT2D eigenvalue weighted by Crippen LogP contribution is -2.08. The van der Waals surface area contributed by atoms with Gasteiger partial charge in [0.25, 0.3) is 6.20 Å². The van der Waals surface area contributed by atoms with E-state index in [1.54, 1.807) is 29.9 Å². The van der Waals surface area contributed by atoms with Gasteiger partial charge in [-0.05, 0) is 12.1 Å². The van der Waals surface area contributed by atoms with E-state index in [0.29, 0.717) is 11.9 Å². The average molecular weight is 210 g/mol. The second-order valence-corrected chi connectivity index (χ2v) is 2.82. The third-order valence-electron chi connectivity index (χ3n) is 1.86.